The van der Waals surface area contributed by atoms with Crippen LogP contribution < -0.4 is 4.74 Å². The van der Waals surface area contributed by atoms with E-state index in [2.05, 4.69) is 10.1 Å². The number of aromatic nitrogens is 2. The van der Waals surface area contributed by atoms with Gasteiger partial charge in [0.1, 0.15) is 12.4 Å². The topological polar surface area (TPSA) is 83.7 Å². The Hall–Kier alpha value is -2.41. The van der Waals surface area contributed by atoms with Gasteiger partial charge < -0.3 is 18.7 Å². The van der Waals surface area contributed by atoms with Crippen molar-refractivity contribution in [2.75, 3.05) is 20.3 Å². The van der Waals surface area contributed by atoms with E-state index in [-0.39, 0.29) is 12.5 Å². The van der Waals surface area contributed by atoms with E-state index in [1.807, 2.05) is 0 Å². The predicted molar refractivity (Wildman–Crippen MR) is 72.0 cm³/mol. The standard InChI is InChI=1S/C14H16N2O5/c1-10-15-13(21-16-10)9-20-14(17)11-4-3-5-12(8-11)19-7-6-18-2/h3-5,8H,6-7,9H2,1-2H3. The van der Waals surface area contributed by atoms with E-state index in [1.165, 1.54) is 0 Å². The van der Waals surface area contributed by atoms with Crippen molar-refractivity contribution < 1.29 is 23.5 Å². The number of methoxy groups -OCH3 is 1. The van der Waals surface area contributed by atoms with Crippen LogP contribution in [-0.4, -0.2) is 36.4 Å². The molecular weight excluding hydrogens is 276 g/mol. The number of hydrogen-bond donors (Lipinski definition) is 0. The minimum atomic E-state index is -0.483. The van der Waals surface area contributed by atoms with Gasteiger partial charge in [-0.15, -0.1) is 0 Å². The average Bonchev–Trinajstić information content (AvgIpc) is 2.91. The molecule has 0 saturated heterocycles. The predicted octanol–water partition coefficient (Wildman–Crippen LogP) is 1.76. The first-order chi connectivity index (χ1) is 10.2. The molecule has 0 fully saturated rings. The maximum atomic E-state index is 11.9. The highest BCUT2D eigenvalue weighted by Crippen LogP contribution is 2.14. The summed E-state index contributed by atoms with van der Waals surface area (Å²) in [7, 11) is 1.59. The molecule has 0 amide bonds. The number of hydrogen-bond acceptors (Lipinski definition) is 7. The molecule has 7 nitrogen and oxygen atoms in total. The zero-order chi connectivity index (χ0) is 15.1. The van der Waals surface area contributed by atoms with Crippen molar-refractivity contribution in [2.45, 2.75) is 13.5 Å². The lowest BCUT2D eigenvalue weighted by Crippen LogP contribution is -2.07. The van der Waals surface area contributed by atoms with Crippen molar-refractivity contribution in [3.05, 3.63) is 41.5 Å². The van der Waals surface area contributed by atoms with Crippen LogP contribution in [0.1, 0.15) is 22.1 Å². The van der Waals surface area contributed by atoms with Gasteiger partial charge in [-0.2, -0.15) is 4.98 Å². The molecule has 0 aliphatic heterocycles. The first-order valence-corrected chi connectivity index (χ1v) is 6.37. The monoisotopic (exact) mass is 292 g/mol. The third-order valence-electron chi connectivity index (χ3n) is 2.52. The number of esters is 1. The Kier molecular flexibility index (Phi) is 5.28. The Balaban J connectivity index is 1.90. The molecule has 2 aromatic rings. The van der Waals surface area contributed by atoms with Gasteiger partial charge in [-0.05, 0) is 25.1 Å². The number of rotatable bonds is 7. The van der Waals surface area contributed by atoms with E-state index < -0.39 is 5.97 Å². The lowest BCUT2D eigenvalue weighted by Gasteiger charge is -2.07. The van der Waals surface area contributed by atoms with Crippen LogP contribution in [0.25, 0.3) is 0 Å². The number of nitrogens with zero attached hydrogens (tertiary/aromatic N) is 2. The second-order valence-electron chi connectivity index (χ2n) is 4.18. The third kappa shape index (κ3) is 4.57. The smallest absolute Gasteiger partial charge is 0.338 e. The van der Waals surface area contributed by atoms with Crippen LogP contribution in [0.5, 0.6) is 5.75 Å². The first kappa shape index (κ1) is 15.0. The van der Waals surface area contributed by atoms with E-state index in [1.54, 1.807) is 38.3 Å². The number of aryl methyl sites for hydroxylation is 1. The fraction of sp³-hybridized carbons (Fsp3) is 0.357. The number of ether oxygens (including phenoxy) is 3. The third-order valence-corrected chi connectivity index (χ3v) is 2.52. The van der Waals surface area contributed by atoms with Gasteiger partial charge in [0.25, 0.3) is 5.89 Å². The normalized spacial score (nSPS) is 10.4. The summed E-state index contributed by atoms with van der Waals surface area (Å²) in [6.45, 7) is 2.52. The highest BCUT2D eigenvalue weighted by atomic mass is 16.6. The molecule has 0 aliphatic rings. The molecule has 1 heterocycles. The van der Waals surface area contributed by atoms with Crippen LogP contribution >= 0.6 is 0 Å². The molecule has 0 atom stereocenters. The van der Waals surface area contributed by atoms with E-state index in [9.17, 15) is 4.79 Å². The van der Waals surface area contributed by atoms with Crippen molar-refractivity contribution in [3.63, 3.8) is 0 Å². The van der Waals surface area contributed by atoms with Gasteiger partial charge in [0.2, 0.25) is 0 Å². The van der Waals surface area contributed by atoms with Crippen LogP contribution in [0.4, 0.5) is 0 Å². The lowest BCUT2D eigenvalue weighted by molar-refractivity contribution is 0.0429. The lowest BCUT2D eigenvalue weighted by atomic mass is 10.2. The van der Waals surface area contributed by atoms with E-state index in [0.29, 0.717) is 30.4 Å². The Morgan fingerprint density at radius 3 is 2.90 bits per heavy atom. The average molecular weight is 292 g/mol. The molecular formula is C14H16N2O5. The van der Waals surface area contributed by atoms with Crippen molar-refractivity contribution in [2.24, 2.45) is 0 Å². The van der Waals surface area contributed by atoms with Gasteiger partial charge in [-0.1, -0.05) is 11.2 Å². The first-order valence-electron chi connectivity index (χ1n) is 6.37. The summed E-state index contributed by atoms with van der Waals surface area (Å²) in [6, 6.07) is 6.73. The summed E-state index contributed by atoms with van der Waals surface area (Å²) in [5, 5.41) is 3.61. The minimum Gasteiger partial charge on any atom is -0.491 e. The van der Waals surface area contributed by atoms with Crippen molar-refractivity contribution in [1.82, 2.24) is 10.1 Å². The number of benzene rings is 1. The quantitative estimate of drug-likeness (QED) is 0.568. The maximum absolute atomic E-state index is 11.9. The zero-order valence-corrected chi connectivity index (χ0v) is 11.9. The van der Waals surface area contributed by atoms with Gasteiger partial charge >= 0.3 is 5.97 Å². The highest BCUT2D eigenvalue weighted by molar-refractivity contribution is 5.89. The molecule has 0 unspecified atom stereocenters. The fourth-order valence-electron chi connectivity index (χ4n) is 1.56. The largest absolute Gasteiger partial charge is 0.491 e. The molecule has 1 aromatic heterocycles. The molecule has 0 spiro atoms. The van der Waals surface area contributed by atoms with E-state index in [0.717, 1.165) is 0 Å². The van der Waals surface area contributed by atoms with Crippen molar-refractivity contribution in [3.8, 4) is 5.75 Å². The van der Waals surface area contributed by atoms with Crippen LogP contribution in [0.2, 0.25) is 0 Å². The highest BCUT2D eigenvalue weighted by Gasteiger charge is 2.11. The Labute approximate surface area is 121 Å². The summed E-state index contributed by atoms with van der Waals surface area (Å²) in [5.74, 6) is 0.848. The minimum absolute atomic E-state index is 0.0611. The van der Waals surface area contributed by atoms with Gasteiger partial charge in [0.15, 0.2) is 12.4 Å². The molecule has 21 heavy (non-hydrogen) atoms. The van der Waals surface area contributed by atoms with Gasteiger partial charge in [-0.25, -0.2) is 4.79 Å². The van der Waals surface area contributed by atoms with Crippen molar-refractivity contribution in [1.29, 1.82) is 0 Å². The zero-order valence-electron chi connectivity index (χ0n) is 11.9. The van der Waals surface area contributed by atoms with Gasteiger partial charge in [-0.3, -0.25) is 0 Å². The second-order valence-corrected chi connectivity index (χ2v) is 4.18. The summed E-state index contributed by atoms with van der Waals surface area (Å²) >= 11 is 0. The summed E-state index contributed by atoms with van der Waals surface area (Å²) < 4.78 is 20.3. The number of carbonyl (C=O) groups excluding carboxylic acids is 1. The Morgan fingerprint density at radius 1 is 1.33 bits per heavy atom. The summed E-state index contributed by atoms with van der Waals surface area (Å²) in [4.78, 5) is 15.9. The SMILES string of the molecule is COCCOc1cccc(C(=O)OCc2nc(C)no2)c1. The maximum Gasteiger partial charge on any atom is 0.338 e. The van der Waals surface area contributed by atoms with Crippen molar-refractivity contribution >= 4 is 5.97 Å². The molecule has 7 heteroatoms. The van der Waals surface area contributed by atoms with E-state index in [4.69, 9.17) is 18.7 Å². The molecule has 2 rings (SSSR count). The second kappa shape index (κ2) is 7.39. The van der Waals surface area contributed by atoms with E-state index >= 15 is 0 Å². The van der Waals surface area contributed by atoms with Crippen LogP contribution in [-0.2, 0) is 16.1 Å². The molecule has 0 bridgehead atoms. The Bertz CT molecular complexity index is 597. The van der Waals surface area contributed by atoms with Crippen LogP contribution in [0.3, 0.4) is 0 Å². The fourth-order valence-corrected chi connectivity index (χ4v) is 1.56. The van der Waals surface area contributed by atoms with Crippen LogP contribution in [0, 0.1) is 6.92 Å². The summed E-state index contributed by atoms with van der Waals surface area (Å²) in [6.07, 6.45) is 0. The number of carbonyl (C=O) groups is 1. The molecule has 0 aliphatic carbocycles. The molecule has 0 saturated carbocycles. The van der Waals surface area contributed by atoms with Gasteiger partial charge in [0, 0.05) is 7.11 Å². The Morgan fingerprint density at radius 2 is 2.19 bits per heavy atom. The molecule has 1 aromatic carbocycles. The van der Waals surface area contributed by atoms with Gasteiger partial charge in [0.05, 0.1) is 12.2 Å². The van der Waals surface area contributed by atoms with Crippen LogP contribution in [0.15, 0.2) is 28.8 Å². The molecule has 0 radical (unpaired) electrons. The molecule has 0 N–H and O–H groups in total. The molecule has 112 valence electrons. The summed E-state index contributed by atoms with van der Waals surface area (Å²) in [5.41, 5.74) is 0.390.